The highest BCUT2D eigenvalue weighted by Crippen LogP contribution is 2.43. The molecule has 0 radical (unpaired) electrons. The van der Waals surface area contributed by atoms with Crippen LogP contribution in [0.5, 0.6) is 5.88 Å². The fourth-order valence-corrected chi connectivity index (χ4v) is 5.93. The van der Waals surface area contributed by atoms with Gasteiger partial charge >= 0.3 is 0 Å². The molecule has 1 saturated heterocycles. The van der Waals surface area contributed by atoms with Gasteiger partial charge in [0.05, 0.1) is 12.8 Å². The Morgan fingerprint density at radius 1 is 1.21 bits per heavy atom. The van der Waals surface area contributed by atoms with Gasteiger partial charge in [0.2, 0.25) is 5.88 Å². The number of nitrogens with zero attached hydrogens (tertiary/aromatic N) is 2. The van der Waals surface area contributed by atoms with E-state index < -0.39 is 0 Å². The van der Waals surface area contributed by atoms with E-state index in [2.05, 4.69) is 36.5 Å². The largest absolute Gasteiger partial charge is 0.477 e. The number of piperidine rings is 1. The van der Waals surface area contributed by atoms with E-state index in [0.717, 1.165) is 50.7 Å². The molecular formula is C27H46N4O2. The summed E-state index contributed by atoms with van der Waals surface area (Å²) in [6.07, 6.45) is 14.0. The third kappa shape index (κ3) is 6.74. The first kappa shape index (κ1) is 24.6. The van der Waals surface area contributed by atoms with Crippen LogP contribution in [0.15, 0.2) is 6.20 Å². The Kier molecular flexibility index (Phi) is 8.72. The predicted molar refractivity (Wildman–Crippen MR) is 132 cm³/mol. The van der Waals surface area contributed by atoms with E-state index in [0.29, 0.717) is 35.8 Å². The first-order valence-electron chi connectivity index (χ1n) is 13.7. The van der Waals surface area contributed by atoms with Crippen molar-refractivity contribution in [1.29, 1.82) is 0 Å². The lowest BCUT2D eigenvalue weighted by Crippen LogP contribution is -2.39. The molecule has 3 fully saturated rings. The number of carbonyl (C=O) groups excluding carboxylic acids is 1. The predicted octanol–water partition coefficient (Wildman–Crippen LogP) is 5.03. The third-order valence-electron chi connectivity index (χ3n) is 8.50. The second-order valence-corrected chi connectivity index (χ2v) is 11.2. The second kappa shape index (κ2) is 11.7. The summed E-state index contributed by atoms with van der Waals surface area (Å²) in [5.74, 6) is 4.04. The molecule has 6 heteroatoms. The van der Waals surface area contributed by atoms with Crippen molar-refractivity contribution in [3.8, 4) is 5.88 Å². The maximum absolute atomic E-state index is 13.4. The Morgan fingerprint density at radius 3 is 2.61 bits per heavy atom. The molecule has 4 atom stereocenters. The van der Waals surface area contributed by atoms with Gasteiger partial charge in [0, 0.05) is 12.6 Å². The minimum Gasteiger partial charge on any atom is -0.477 e. The summed E-state index contributed by atoms with van der Waals surface area (Å²) in [5.41, 5.74) is 0.616. The van der Waals surface area contributed by atoms with Crippen LogP contribution in [0.25, 0.3) is 0 Å². The Morgan fingerprint density at radius 2 is 1.94 bits per heavy atom. The van der Waals surface area contributed by atoms with Gasteiger partial charge in [-0.1, -0.05) is 40.0 Å². The topological polar surface area (TPSA) is 68.2 Å². The Bertz CT molecular complexity index is 751. The van der Waals surface area contributed by atoms with Crippen molar-refractivity contribution in [2.75, 3.05) is 19.7 Å². The van der Waals surface area contributed by atoms with Crippen molar-refractivity contribution >= 4 is 5.91 Å². The number of hydrogen-bond acceptors (Lipinski definition) is 4. The quantitative estimate of drug-likeness (QED) is 0.488. The van der Waals surface area contributed by atoms with Crippen molar-refractivity contribution in [3.63, 3.8) is 0 Å². The molecule has 2 saturated carbocycles. The van der Waals surface area contributed by atoms with E-state index in [9.17, 15) is 4.79 Å². The van der Waals surface area contributed by atoms with Crippen LogP contribution in [0, 0.1) is 29.6 Å². The lowest BCUT2D eigenvalue weighted by Gasteiger charge is -2.26. The first-order valence-corrected chi connectivity index (χ1v) is 13.7. The first-order chi connectivity index (χ1) is 16.0. The van der Waals surface area contributed by atoms with E-state index >= 15 is 0 Å². The number of amides is 1. The van der Waals surface area contributed by atoms with Gasteiger partial charge in [-0.25, -0.2) is 4.68 Å². The minimum absolute atomic E-state index is 0.0206. The van der Waals surface area contributed by atoms with Crippen LogP contribution in [0.3, 0.4) is 0 Å². The maximum atomic E-state index is 13.4. The number of ether oxygens (including phenoxy) is 1. The molecule has 33 heavy (non-hydrogen) atoms. The van der Waals surface area contributed by atoms with Crippen LogP contribution in [-0.2, 0) is 6.54 Å². The summed E-state index contributed by atoms with van der Waals surface area (Å²) in [6.45, 7) is 10.5. The third-order valence-corrected chi connectivity index (χ3v) is 8.50. The molecule has 2 N–H and O–H groups in total. The Hall–Kier alpha value is -1.56. The highest BCUT2D eigenvalue weighted by Gasteiger charge is 2.35. The number of aromatic nitrogens is 2. The summed E-state index contributed by atoms with van der Waals surface area (Å²) in [5, 5.41) is 11.4. The zero-order valence-corrected chi connectivity index (χ0v) is 21.2. The van der Waals surface area contributed by atoms with E-state index in [-0.39, 0.29) is 11.9 Å². The van der Waals surface area contributed by atoms with Crippen molar-refractivity contribution in [2.24, 2.45) is 29.6 Å². The molecule has 6 nitrogen and oxygen atoms in total. The molecule has 1 amide bonds. The van der Waals surface area contributed by atoms with E-state index in [4.69, 9.17) is 4.74 Å². The normalized spacial score (nSPS) is 26.0. The number of hydrogen-bond donors (Lipinski definition) is 2. The summed E-state index contributed by atoms with van der Waals surface area (Å²) in [7, 11) is 0. The fourth-order valence-electron chi connectivity index (χ4n) is 5.93. The molecular weight excluding hydrogens is 412 g/mol. The molecule has 4 rings (SSSR count). The van der Waals surface area contributed by atoms with Gasteiger partial charge in [-0.05, 0) is 87.6 Å². The van der Waals surface area contributed by atoms with Crippen molar-refractivity contribution in [2.45, 2.75) is 97.6 Å². The van der Waals surface area contributed by atoms with Crippen molar-refractivity contribution < 1.29 is 9.53 Å². The Labute approximate surface area is 200 Å². The van der Waals surface area contributed by atoms with Crippen LogP contribution in [0.1, 0.15) is 95.3 Å². The van der Waals surface area contributed by atoms with Crippen LogP contribution >= 0.6 is 0 Å². The summed E-state index contributed by atoms with van der Waals surface area (Å²) >= 11 is 0. The fraction of sp³-hybridized carbons (Fsp3) is 0.852. The van der Waals surface area contributed by atoms with Gasteiger partial charge in [-0.3, -0.25) is 4.79 Å². The molecule has 1 aromatic heterocycles. The Balaban J connectivity index is 1.44. The van der Waals surface area contributed by atoms with E-state index in [1.54, 1.807) is 6.20 Å². The SMILES string of the molecule is CCC(NC(=O)c1cnn(CC2CCNCC2)c1OCC1CCCCC1)C(C)CC1C[C@@H]1C. The van der Waals surface area contributed by atoms with Gasteiger partial charge in [0.1, 0.15) is 5.56 Å². The van der Waals surface area contributed by atoms with Gasteiger partial charge in [-0.15, -0.1) is 0 Å². The van der Waals surface area contributed by atoms with Crippen molar-refractivity contribution in [1.82, 2.24) is 20.4 Å². The molecule has 1 aliphatic heterocycles. The highest BCUT2D eigenvalue weighted by atomic mass is 16.5. The van der Waals surface area contributed by atoms with Gasteiger partial charge in [-0.2, -0.15) is 5.10 Å². The summed E-state index contributed by atoms with van der Waals surface area (Å²) in [6, 6.07) is 0.198. The average Bonchev–Trinajstić information content (AvgIpc) is 3.37. The monoisotopic (exact) mass is 458 g/mol. The molecule has 0 bridgehead atoms. The standard InChI is InChI=1S/C27H46N4O2/c1-4-25(20(3)15-23-14-19(23)2)30-26(32)24-16-29-31(17-21-10-12-28-13-11-21)27(24)33-18-22-8-6-5-7-9-22/h16,19-23,25,28H,4-15,17-18H2,1-3H3,(H,30,32)/t19-,20?,23?,25?/m0/s1. The van der Waals surface area contributed by atoms with Crippen LogP contribution in [0.4, 0.5) is 0 Å². The van der Waals surface area contributed by atoms with E-state index in [1.165, 1.54) is 44.9 Å². The number of nitrogens with one attached hydrogen (secondary N) is 2. The molecule has 2 heterocycles. The smallest absolute Gasteiger partial charge is 0.258 e. The lowest BCUT2D eigenvalue weighted by molar-refractivity contribution is 0.0912. The maximum Gasteiger partial charge on any atom is 0.258 e. The minimum atomic E-state index is -0.0206. The van der Waals surface area contributed by atoms with Gasteiger partial charge in [0.15, 0.2) is 0 Å². The van der Waals surface area contributed by atoms with Crippen LogP contribution < -0.4 is 15.4 Å². The zero-order chi connectivity index (χ0) is 23.2. The van der Waals surface area contributed by atoms with Gasteiger partial charge < -0.3 is 15.4 Å². The van der Waals surface area contributed by atoms with Gasteiger partial charge in [0.25, 0.3) is 5.91 Å². The molecule has 186 valence electrons. The highest BCUT2D eigenvalue weighted by molar-refractivity contribution is 5.96. The lowest BCUT2D eigenvalue weighted by atomic mass is 9.90. The van der Waals surface area contributed by atoms with Crippen LogP contribution in [-0.4, -0.2) is 41.4 Å². The molecule has 3 unspecified atom stereocenters. The average molecular weight is 459 g/mol. The number of carbonyl (C=O) groups is 1. The second-order valence-electron chi connectivity index (χ2n) is 11.2. The van der Waals surface area contributed by atoms with E-state index in [1.807, 2.05) is 4.68 Å². The summed E-state index contributed by atoms with van der Waals surface area (Å²) in [4.78, 5) is 13.4. The van der Waals surface area contributed by atoms with Crippen LogP contribution in [0.2, 0.25) is 0 Å². The number of rotatable bonds is 11. The van der Waals surface area contributed by atoms with Crippen molar-refractivity contribution in [3.05, 3.63) is 11.8 Å². The zero-order valence-electron chi connectivity index (χ0n) is 21.2. The molecule has 2 aliphatic carbocycles. The molecule has 0 spiro atoms. The summed E-state index contributed by atoms with van der Waals surface area (Å²) < 4.78 is 8.37. The molecule has 0 aromatic carbocycles. The molecule has 1 aromatic rings. The molecule has 3 aliphatic rings.